The van der Waals surface area contributed by atoms with Crippen LogP contribution in [-0.2, 0) is 87.5 Å². The monoisotopic (exact) mass is 1710 g/mol. The Morgan fingerprint density at radius 1 is 0.785 bits per heavy atom. The molecule has 4 aromatic heterocycles. The van der Waals surface area contributed by atoms with E-state index in [4.69, 9.17) is 44.4 Å². The summed E-state index contributed by atoms with van der Waals surface area (Å²) in [5, 5.41) is 53.3. The normalized spacial score (nSPS) is 20.9. The molecule has 6 aromatic rings. The summed E-state index contributed by atoms with van der Waals surface area (Å²) in [4.78, 5) is 146. The Morgan fingerprint density at radius 2 is 1.50 bits per heavy atom. The first kappa shape index (κ1) is 90.1. The number of nitrogens with zero attached hydrogens (tertiary/aromatic N) is 10. The molecule has 13 rings (SSSR count). The van der Waals surface area contributed by atoms with Crippen LogP contribution < -0.4 is 42.5 Å². The molecule has 4 bridgehead atoms. The summed E-state index contributed by atoms with van der Waals surface area (Å²) in [5.74, 6) is -5.47. The van der Waals surface area contributed by atoms with E-state index < -0.39 is 103 Å². The number of carboxylic acids is 2. The van der Waals surface area contributed by atoms with Crippen LogP contribution in [0.25, 0.3) is 21.3 Å². The Kier molecular flexibility index (Phi) is 28.7. The molecule has 4 aliphatic carbocycles. The van der Waals surface area contributed by atoms with Crippen molar-refractivity contribution in [1.29, 1.82) is 0 Å². The summed E-state index contributed by atoms with van der Waals surface area (Å²) in [7, 11) is -1.97. The van der Waals surface area contributed by atoms with Gasteiger partial charge in [-0.3, -0.25) is 47.7 Å². The molecule has 1 saturated heterocycles. The van der Waals surface area contributed by atoms with Gasteiger partial charge in [-0.05, 0) is 162 Å². The number of primary amides is 1. The molecule has 2 unspecified atom stereocenters. The number of nitrogens with one attached hydrogen (secondary N) is 6. The lowest BCUT2D eigenvalue weighted by molar-refractivity contribution is -0.930. The van der Waals surface area contributed by atoms with Gasteiger partial charge in [0.1, 0.15) is 37.0 Å². The molecule has 10 N–H and O–H groups in total. The van der Waals surface area contributed by atoms with Crippen molar-refractivity contribution in [3.05, 3.63) is 107 Å². The highest BCUT2D eigenvalue weighted by Gasteiger charge is 2.66. The van der Waals surface area contributed by atoms with Gasteiger partial charge in [0.2, 0.25) is 29.5 Å². The molecule has 2 aromatic carbocycles. The number of carbonyl (C=O) groups excluding carboxylic acids is 8. The number of aromatic nitrogens is 6. The first-order valence-electron chi connectivity index (χ1n) is 42.0. The van der Waals surface area contributed by atoms with Gasteiger partial charge < -0.3 is 80.7 Å². The smallest absolute Gasteiger partial charge is 0.355 e. The molecule has 9 amide bonds. The number of hydrogen-bond acceptors (Lipinski definition) is 23. The molecular weight excluding hydrogens is 1590 g/mol. The predicted molar refractivity (Wildman–Crippen MR) is 452 cm³/mol. The Bertz CT molecular complexity index is 4890. The number of ether oxygens (including phenoxy) is 2. The number of fused-ring (bicyclic) bond motifs is 2. The molecule has 3 aliphatic heterocycles. The number of quaternary nitrogens is 1. The van der Waals surface area contributed by atoms with Crippen LogP contribution in [0.4, 0.5) is 33.1 Å². The number of thiazole rings is 1. The largest absolute Gasteiger partial charge is 0.480 e. The number of pyridine rings is 1. The lowest BCUT2D eigenvalue weighted by Crippen LogP contribution is -2.64. The predicted octanol–water partition coefficient (Wildman–Crippen LogP) is 9.74. The molecule has 7 heterocycles. The average Bonchev–Trinajstić information content (AvgIpc) is 0.941. The third-order valence-electron chi connectivity index (χ3n) is 24.3. The zero-order chi connectivity index (χ0) is 86.8. The number of anilines is 5. The number of carboxylic acid groups (broad SMARTS) is 2. The molecular formula is C85H115N17O17PS+. The van der Waals surface area contributed by atoms with Crippen LogP contribution in [0.15, 0.2) is 72.9 Å². The third-order valence-corrected chi connectivity index (χ3v) is 27.4. The number of imide groups is 1. The summed E-state index contributed by atoms with van der Waals surface area (Å²) < 4.78 is 40.7. The van der Waals surface area contributed by atoms with Crippen LogP contribution in [0.2, 0.25) is 0 Å². The number of nitrogens with two attached hydrogens (primary N) is 1. The van der Waals surface area contributed by atoms with Gasteiger partial charge in [0.15, 0.2) is 22.5 Å². The van der Waals surface area contributed by atoms with Crippen LogP contribution in [0.5, 0.6) is 0 Å². The van der Waals surface area contributed by atoms with Crippen LogP contribution >= 0.6 is 18.9 Å². The van der Waals surface area contributed by atoms with E-state index in [1.807, 2.05) is 61.2 Å². The lowest BCUT2D eigenvalue weighted by atomic mass is 9.39. The van der Waals surface area contributed by atoms with Crippen molar-refractivity contribution in [1.82, 2.24) is 61.0 Å². The van der Waals surface area contributed by atoms with Crippen molar-refractivity contribution in [3.8, 4) is 11.1 Å². The standard InChI is InChI=1S/C85H114N17O17PS/c1-10-118-120(115,119-11-2)40-18-23-67(103)90-64(78(110)111)42-71(107)98(9)44-57-41-58(89-76(108)63(21-16-31-87-80(86)114)91-77(109)72(53(3)4)94-68(104)30-37-116-38-33-100-69(105)28-29-70(100)106)25-24-56(57)45-102(34-14-15-35-102)36-39-117-85-49-82(7)46-83(8,50-85)48-84(47-82,51-85)52-101-55(6)61(43-88-101)60-26-27-66(93-73(60)79(112)113)99-32-17-19-59-54(5)74(96-97-75(59)99)95-81-92-62-20-12-13-22-65(62)121-81/h12-13,20,22,24-29,41,43,53,63-64,72H,10-11,14-19,21,23,30-40,42,44-52H2,1-9H3,(H9-,86,87,89,90,91,92,94,95,96,103,104,108,109,110,111,112,113,114)/p+1/t63-,64-,72-,82?,83?,84?,85?/m0/s1. The number of aliphatic carboxylic acids is 1. The SMILES string of the molecule is CCOP(=O)(CCCC(=O)N[C@@H](CC(=O)N(C)Cc1cc(NC(=O)[C@H](CCCNC(N)=O)NC(=O)[C@@H](NC(=O)CCOCCN2C(=O)C=CC2=O)C(C)C)ccc1C[N+]1(CCOC23CC4(C)CC(C)(CC(Cn5ncc(-c6ccc(N7CCCc8c7nnc(Nc7nc9ccccc9s7)c8C)nc6C(=O)O)c5C)(C4)C2)C3)CCCC1)C(=O)O)OCC. The number of amides is 9. The zero-order valence-electron chi connectivity index (χ0n) is 70.6. The molecule has 34 nitrogen and oxygen atoms in total. The van der Waals surface area contributed by atoms with E-state index >= 15 is 0 Å². The summed E-state index contributed by atoms with van der Waals surface area (Å²) in [6, 6.07) is 12.2. The van der Waals surface area contributed by atoms with Gasteiger partial charge in [0.05, 0.1) is 87.3 Å². The topological polar surface area (TPSA) is 442 Å². The van der Waals surface area contributed by atoms with Gasteiger partial charge >= 0.3 is 25.6 Å². The second-order valence-electron chi connectivity index (χ2n) is 34.6. The van der Waals surface area contributed by atoms with Crippen LogP contribution in [0, 0.1) is 36.0 Å². The Morgan fingerprint density at radius 3 is 2.19 bits per heavy atom. The fourth-order valence-electron chi connectivity index (χ4n) is 19.8. The highest BCUT2D eigenvalue weighted by Crippen LogP contribution is 2.72. The zero-order valence-corrected chi connectivity index (χ0v) is 72.3. The van der Waals surface area contributed by atoms with E-state index in [1.54, 1.807) is 46.0 Å². The fraction of sp³-hybridized carbons (Fsp3) is 0.565. The number of rotatable bonds is 43. The number of aromatic carboxylic acids is 1. The quantitative estimate of drug-likeness (QED) is 0.00743. The second-order valence-corrected chi connectivity index (χ2v) is 37.8. The van der Waals surface area contributed by atoms with Crippen LogP contribution in [-0.4, -0.2) is 223 Å². The van der Waals surface area contributed by atoms with Crippen molar-refractivity contribution in [2.45, 2.75) is 201 Å². The van der Waals surface area contributed by atoms with Gasteiger partial charge in [-0.2, -0.15) is 5.10 Å². The summed E-state index contributed by atoms with van der Waals surface area (Å²) in [5.41, 5.74) is 11.1. The fourth-order valence-corrected chi connectivity index (χ4v) is 22.4. The van der Waals surface area contributed by atoms with Crippen LogP contribution in [0.1, 0.15) is 176 Å². The maximum absolute atomic E-state index is 14.7. The van der Waals surface area contributed by atoms with E-state index in [2.05, 4.69) is 55.5 Å². The maximum Gasteiger partial charge on any atom is 0.355 e. The second kappa shape index (κ2) is 38.5. The molecule has 652 valence electrons. The highest BCUT2D eigenvalue weighted by atomic mass is 32.1. The maximum atomic E-state index is 14.7. The molecule has 5 atom stereocenters. The minimum absolute atomic E-state index is 0.00733. The highest BCUT2D eigenvalue weighted by molar-refractivity contribution is 7.53. The van der Waals surface area contributed by atoms with E-state index in [-0.39, 0.29) is 106 Å². The molecule has 5 fully saturated rings. The van der Waals surface area contributed by atoms with Crippen molar-refractivity contribution >= 4 is 117 Å². The number of likely N-dealkylation sites (tertiary alicyclic amines) is 1. The summed E-state index contributed by atoms with van der Waals surface area (Å²) >= 11 is 1.54. The first-order valence-corrected chi connectivity index (χ1v) is 44.5. The average molecular weight is 1710 g/mol. The number of carbonyl (C=O) groups is 10. The summed E-state index contributed by atoms with van der Waals surface area (Å²) in [6.07, 6.45) is 12.3. The Hall–Kier alpha value is -10.2. The van der Waals surface area contributed by atoms with Gasteiger partial charge in [-0.25, -0.2) is 24.4 Å². The lowest BCUT2D eigenvalue weighted by Gasteiger charge is -2.69. The van der Waals surface area contributed by atoms with E-state index in [0.29, 0.717) is 82.2 Å². The minimum Gasteiger partial charge on any atom is -0.480 e. The number of urea groups is 1. The van der Waals surface area contributed by atoms with E-state index in [1.165, 1.54) is 23.3 Å². The van der Waals surface area contributed by atoms with E-state index in [9.17, 15) is 62.7 Å². The number of benzene rings is 2. The van der Waals surface area contributed by atoms with Gasteiger partial charge in [0.25, 0.3) is 11.8 Å². The van der Waals surface area contributed by atoms with E-state index in [0.717, 1.165) is 127 Å². The third kappa shape index (κ3) is 22.0. The van der Waals surface area contributed by atoms with Crippen LogP contribution in [0.3, 0.4) is 0 Å². The van der Waals surface area contributed by atoms with Gasteiger partial charge in [0, 0.05) is 110 Å². The van der Waals surface area contributed by atoms with Crippen molar-refractivity contribution < 1.29 is 85.7 Å². The molecule has 7 aliphatic rings. The molecule has 0 radical (unpaired) electrons. The number of para-hydroxylation sites is 1. The minimum atomic E-state index is -3.50. The van der Waals surface area contributed by atoms with Crippen molar-refractivity contribution in [2.75, 3.05) is 101 Å². The molecule has 4 saturated carbocycles. The number of hydrogen-bond donors (Lipinski definition) is 9. The Labute approximate surface area is 708 Å². The molecule has 36 heteroatoms. The van der Waals surface area contributed by atoms with Gasteiger partial charge in [-0.15, -0.1) is 10.2 Å². The van der Waals surface area contributed by atoms with Crippen molar-refractivity contribution in [2.24, 2.45) is 27.9 Å². The molecule has 0 spiro atoms. The van der Waals surface area contributed by atoms with Crippen molar-refractivity contribution in [3.63, 3.8) is 0 Å². The molecule has 121 heavy (non-hydrogen) atoms. The first-order chi connectivity index (χ1) is 57.6. The summed E-state index contributed by atoms with van der Waals surface area (Å²) in [6.45, 7) is 20.1. The Balaban J connectivity index is 0.750. The van der Waals surface area contributed by atoms with Gasteiger partial charge in [-0.1, -0.05) is 57.2 Å².